The normalized spacial score (nSPS) is 14.9. The number of imide groups is 1. The van der Waals surface area contributed by atoms with Gasteiger partial charge in [-0.15, -0.1) is 0 Å². The molecule has 1 saturated heterocycles. The molecule has 0 aliphatic carbocycles. The van der Waals surface area contributed by atoms with Gasteiger partial charge in [0.1, 0.15) is 18.1 Å². The summed E-state index contributed by atoms with van der Waals surface area (Å²) in [5.74, 6) is -0.859. The van der Waals surface area contributed by atoms with Crippen molar-refractivity contribution in [2.24, 2.45) is 0 Å². The minimum absolute atomic E-state index is 0.175. The van der Waals surface area contributed by atoms with E-state index < -0.39 is 17.9 Å². The minimum atomic E-state index is -0.975. The van der Waals surface area contributed by atoms with Gasteiger partial charge in [0.2, 0.25) is 0 Å². The maximum Gasteiger partial charge on any atom is 0.335 e. The van der Waals surface area contributed by atoms with E-state index in [2.05, 4.69) is 26.6 Å². The number of carboxylic acids is 1. The van der Waals surface area contributed by atoms with Crippen LogP contribution in [0.2, 0.25) is 0 Å². The molecule has 1 aliphatic heterocycles. The molecule has 132 valence electrons. The van der Waals surface area contributed by atoms with Gasteiger partial charge in [0.25, 0.3) is 5.91 Å². The number of amides is 3. The van der Waals surface area contributed by atoms with Crippen molar-refractivity contribution in [1.29, 1.82) is 0 Å². The SMILES string of the molecule is O=C1NC(=O)/C(=C\c2ccc(OCc3ccc(C(=O)O)cc3)c(Br)c2)N1. The predicted octanol–water partition coefficient (Wildman–Crippen LogP) is 2.91. The maximum atomic E-state index is 11.5. The Kier molecular flexibility index (Phi) is 5.04. The Labute approximate surface area is 156 Å². The molecule has 3 N–H and O–H groups in total. The number of aromatic carboxylic acids is 1. The number of ether oxygens (including phenoxy) is 1. The summed E-state index contributed by atoms with van der Waals surface area (Å²) in [7, 11) is 0. The van der Waals surface area contributed by atoms with Gasteiger partial charge in [-0.1, -0.05) is 18.2 Å². The van der Waals surface area contributed by atoms with Gasteiger partial charge in [-0.05, 0) is 57.4 Å². The van der Waals surface area contributed by atoms with Gasteiger partial charge in [-0.3, -0.25) is 10.1 Å². The van der Waals surface area contributed by atoms with Crippen molar-refractivity contribution in [1.82, 2.24) is 10.6 Å². The van der Waals surface area contributed by atoms with Crippen molar-refractivity contribution in [2.45, 2.75) is 6.61 Å². The number of urea groups is 1. The van der Waals surface area contributed by atoms with E-state index in [0.717, 1.165) is 5.56 Å². The summed E-state index contributed by atoms with van der Waals surface area (Å²) in [6, 6.07) is 11.1. The van der Waals surface area contributed by atoms with Crippen LogP contribution in [0.4, 0.5) is 4.79 Å². The van der Waals surface area contributed by atoms with E-state index in [0.29, 0.717) is 15.8 Å². The molecule has 0 bridgehead atoms. The minimum Gasteiger partial charge on any atom is -0.488 e. The Morgan fingerprint density at radius 2 is 1.85 bits per heavy atom. The third-order valence-electron chi connectivity index (χ3n) is 3.58. The molecule has 1 fully saturated rings. The van der Waals surface area contributed by atoms with E-state index in [1.165, 1.54) is 12.1 Å². The molecule has 0 unspecified atom stereocenters. The maximum absolute atomic E-state index is 11.5. The van der Waals surface area contributed by atoms with E-state index in [1.807, 2.05) is 0 Å². The monoisotopic (exact) mass is 416 g/mol. The lowest BCUT2D eigenvalue weighted by Crippen LogP contribution is -2.22. The standard InChI is InChI=1S/C18H13BrN2O5/c19-13-7-11(8-14-16(22)21-18(25)20-14)3-6-15(13)26-9-10-1-4-12(5-2-10)17(23)24/h1-8H,9H2,(H,23,24)(H2,20,21,22,25)/b14-8+. The second-order valence-electron chi connectivity index (χ2n) is 5.45. The summed E-state index contributed by atoms with van der Waals surface area (Å²) in [5, 5.41) is 13.4. The molecule has 8 heteroatoms. The largest absolute Gasteiger partial charge is 0.488 e. The lowest BCUT2D eigenvalue weighted by molar-refractivity contribution is -0.115. The second kappa shape index (κ2) is 7.40. The van der Waals surface area contributed by atoms with Crippen LogP contribution in [0.1, 0.15) is 21.5 Å². The van der Waals surface area contributed by atoms with E-state index in [4.69, 9.17) is 9.84 Å². The fraction of sp³-hybridized carbons (Fsp3) is 0.0556. The third kappa shape index (κ3) is 4.09. The van der Waals surface area contributed by atoms with E-state index in [1.54, 1.807) is 36.4 Å². The molecule has 0 spiro atoms. The zero-order valence-electron chi connectivity index (χ0n) is 13.3. The molecule has 7 nitrogen and oxygen atoms in total. The van der Waals surface area contributed by atoms with Gasteiger partial charge in [-0.2, -0.15) is 0 Å². The molecule has 0 aromatic heterocycles. The Morgan fingerprint density at radius 1 is 1.12 bits per heavy atom. The van der Waals surface area contributed by atoms with Crippen molar-refractivity contribution < 1.29 is 24.2 Å². The molecular formula is C18H13BrN2O5. The van der Waals surface area contributed by atoms with Gasteiger partial charge in [0.15, 0.2) is 0 Å². The number of rotatable bonds is 5. The highest BCUT2D eigenvalue weighted by atomic mass is 79.9. The van der Waals surface area contributed by atoms with Crippen LogP contribution in [-0.4, -0.2) is 23.0 Å². The Hall–Kier alpha value is -3.13. The summed E-state index contributed by atoms with van der Waals surface area (Å²) >= 11 is 3.41. The number of carboxylic acid groups (broad SMARTS) is 1. The van der Waals surface area contributed by atoms with E-state index in [-0.39, 0.29) is 17.9 Å². The fourth-order valence-corrected chi connectivity index (χ4v) is 2.79. The molecule has 0 atom stereocenters. The summed E-state index contributed by atoms with van der Waals surface area (Å²) in [6.07, 6.45) is 1.55. The van der Waals surface area contributed by atoms with Crippen LogP contribution in [0.5, 0.6) is 5.75 Å². The Bertz CT molecular complexity index is 922. The van der Waals surface area contributed by atoms with Crippen molar-refractivity contribution in [2.75, 3.05) is 0 Å². The van der Waals surface area contributed by atoms with Crippen molar-refractivity contribution in [3.8, 4) is 5.75 Å². The van der Waals surface area contributed by atoms with Crippen LogP contribution in [0.25, 0.3) is 6.08 Å². The second-order valence-corrected chi connectivity index (χ2v) is 6.30. The molecule has 0 radical (unpaired) electrons. The van der Waals surface area contributed by atoms with Gasteiger partial charge in [0.05, 0.1) is 10.0 Å². The Morgan fingerprint density at radius 3 is 2.42 bits per heavy atom. The molecule has 3 rings (SSSR count). The summed E-state index contributed by atoms with van der Waals surface area (Å²) in [5.41, 5.74) is 1.94. The van der Waals surface area contributed by atoms with Crippen LogP contribution in [0, 0.1) is 0 Å². The number of halogens is 1. The fourth-order valence-electron chi connectivity index (χ4n) is 2.28. The van der Waals surface area contributed by atoms with Crippen molar-refractivity contribution >= 4 is 39.9 Å². The molecule has 26 heavy (non-hydrogen) atoms. The summed E-state index contributed by atoms with van der Waals surface area (Å²) in [4.78, 5) is 33.5. The average molecular weight is 417 g/mol. The van der Waals surface area contributed by atoms with Gasteiger partial charge in [0, 0.05) is 0 Å². The number of nitrogens with one attached hydrogen (secondary N) is 2. The predicted molar refractivity (Wildman–Crippen MR) is 96.5 cm³/mol. The molecular weight excluding hydrogens is 404 g/mol. The lowest BCUT2D eigenvalue weighted by atomic mass is 10.1. The summed E-state index contributed by atoms with van der Waals surface area (Å²) in [6.45, 7) is 0.275. The van der Waals surface area contributed by atoms with E-state index >= 15 is 0 Å². The first-order valence-corrected chi connectivity index (χ1v) is 8.30. The molecule has 2 aromatic carbocycles. The molecule has 2 aromatic rings. The van der Waals surface area contributed by atoms with Crippen LogP contribution < -0.4 is 15.4 Å². The molecule has 0 saturated carbocycles. The number of hydrogen-bond acceptors (Lipinski definition) is 4. The highest BCUT2D eigenvalue weighted by molar-refractivity contribution is 9.10. The third-order valence-corrected chi connectivity index (χ3v) is 4.20. The average Bonchev–Trinajstić information content (AvgIpc) is 2.91. The first kappa shape index (κ1) is 17.7. The number of benzene rings is 2. The van der Waals surface area contributed by atoms with Crippen molar-refractivity contribution in [3.05, 3.63) is 69.3 Å². The lowest BCUT2D eigenvalue weighted by Gasteiger charge is -2.09. The first-order valence-electron chi connectivity index (χ1n) is 7.51. The van der Waals surface area contributed by atoms with Crippen LogP contribution in [0.15, 0.2) is 52.6 Å². The van der Waals surface area contributed by atoms with Gasteiger partial charge in [-0.25, -0.2) is 9.59 Å². The van der Waals surface area contributed by atoms with Gasteiger partial charge >= 0.3 is 12.0 Å². The topological polar surface area (TPSA) is 105 Å². The molecule has 1 aliphatic rings. The van der Waals surface area contributed by atoms with E-state index in [9.17, 15) is 14.4 Å². The first-order chi connectivity index (χ1) is 12.4. The van der Waals surface area contributed by atoms with Crippen LogP contribution in [-0.2, 0) is 11.4 Å². The smallest absolute Gasteiger partial charge is 0.335 e. The van der Waals surface area contributed by atoms with Crippen LogP contribution >= 0.6 is 15.9 Å². The molecule has 3 amide bonds. The zero-order valence-corrected chi connectivity index (χ0v) is 14.9. The number of hydrogen-bond donors (Lipinski definition) is 3. The Balaban J connectivity index is 1.68. The molecule has 1 heterocycles. The van der Waals surface area contributed by atoms with Crippen molar-refractivity contribution in [3.63, 3.8) is 0 Å². The highest BCUT2D eigenvalue weighted by Gasteiger charge is 2.22. The number of carbonyl (C=O) groups excluding carboxylic acids is 2. The quantitative estimate of drug-likeness (QED) is 0.513. The summed E-state index contributed by atoms with van der Waals surface area (Å²) < 4.78 is 6.40. The van der Waals surface area contributed by atoms with Gasteiger partial charge < -0.3 is 15.2 Å². The highest BCUT2D eigenvalue weighted by Crippen LogP contribution is 2.28. The zero-order chi connectivity index (χ0) is 18.7. The number of carbonyl (C=O) groups is 3. The van der Waals surface area contributed by atoms with Crippen LogP contribution in [0.3, 0.4) is 0 Å².